The maximum Gasteiger partial charge on any atom is 0.119 e. The van der Waals surface area contributed by atoms with Gasteiger partial charge < -0.3 is 15.0 Å². The topological polar surface area (TPSA) is 24.5 Å². The van der Waals surface area contributed by atoms with Gasteiger partial charge in [0.25, 0.3) is 0 Å². The number of ether oxygens (including phenoxy) is 1. The number of piperidine rings is 1. The van der Waals surface area contributed by atoms with E-state index in [1.807, 2.05) is 0 Å². The first-order chi connectivity index (χ1) is 11.6. The van der Waals surface area contributed by atoms with E-state index in [0.29, 0.717) is 5.41 Å². The highest BCUT2D eigenvalue weighted by Crippen LogP contribution is 2.28. The number of likely N-dealkylation sites (tertiary alicyclic amines) is 1. The summed E-state index contributed by atoms with van der Waals surface area (Å²) in [6.07, 6.45) is 7.21. The van der Waals surface area contributed by atoms with Gasteiger partial charge in [-0.2, -0.15) is 0 Å². The summed E-state index contributed by atoms with van der Waals surface area (Å²) in [6, 6.07) is 8.61. The molecule has 2 aliphatic rings. The summed E-state index contributed by atoms with van der Waals surface area (Å²) in [7, 11) is 0. The molecule has 1 N–H and O–H groups in total. The molecule has 1 aromatic carbocycles. The van der Waals surface area contributed by atoms with Crippen LogP contribution in [-0.2, 0) is 0 Å². The minimum absolute atomic E-state index is 0. The van der Waals surface area contributed by atoms with Crippen molar-refractivity contribution in [3.05, 3.63) is 35.9 Å². The normalized spacial score (nSPS) is 19.7. The van der Waals surface area contributed by atoms with E-state index in [2.05, 4.69) is 54.4 Å². The standard InChI is InChI=1S/C21H32N2O.2ClH/c1-21(2)11-3-14-23(17-21)15-4-16-24-20-7-5-18(6-8-20)19-9-12-22-13-10-19;;/h5-9,22H,3-4,10-17H2,1-2H3;2*1H. The molecule has 0 amide bonds. The van der Waals surface area contributed by atoms with E-state index < -0.39 is 0 Å². The van der Waals surface area contributed by atoms with Crippen LogP contribution in [0.15, 0.2) is 30.3 Å². The lowest BCUT2D eigenvalue weighted by molar-refractivity contribution is 0.111. The van der Waals surface area contributed by atoms with Gasteiger partial charge in [0, 0.05) is 19.6 Å². The van der Waals surface area contributed by atoms with Gasteiger partial charge in [0.15, 0.2) is 0 Å². The second-order valence-corrected chi connectivity index (χ2v) is 7.95. The van der Waals surface area contributed by atoms with Crippen molar-refractivity contribution in [3.8, 4) is 5.75 Å². The average Bonchev–Trinajstić information content (AvgIpc) is 2.59. The maximum atomic E-state index is 5.93. The van der Waals surface area contributed by atoms with Crippen LogP contribution in [0.3, 0.4) is 0 Å². The number of nitrogens with zero attached hydrogens (tertiary/aromatic N) is 1. The predicted octanol–water partition coefficient (Wildman–Crippen LogP) is 4.80. The lowest BCUT2D eigenvalue weighted by Gasteiger charge is -2.38. The first-order valence-corrected chi connectivity index (χ1v) is 9.48. The highest BCUT2D eigenvalue weighted by molar-refractivity contribution is 5.85. The molecule has 2 heterocycles. The summed E-state index contributed by atoms with van der Waals surface area (Å²) < 4.78 is 5.93. The Morgan fingerprint density at radius 3 is 2.58 bits per heavy atom. The smallest absolute Gasteiger partial charge is 0.119 e. The van der Waals surface area contributed by atoms with E-state index in [9.17, 15) is 0 Å². The van der Waals surface area contributed by atoms with Crippen molar-refractivity contribution in [2.75, 3.05) is 39.3 Å². The number of hydrogen-bond acceptors (Lipinski definition) is 3. The zero-order valence-electron chi connectivity index (χ0n) is 16.1. The van der Waals surface area contributed by atoms with Crippen molar-refractivity contribution in [3.63, 3.8) is 0 Å². The van der Waals surface area contributed by atoms with Crippen molar-refractivity contribution >= 4 is 30.4 Å². The molecule has 0 aliphatic carbocycles. The largest absolute Gasteiger partial charge is 0.494 e. The SMILES string of the molecule is CC1(C)CCCN(CCCOc2ccc(C3=CCNCC3)cc2)C1.Cl.Cl. The summed E-state index contributed by atoms with van der Waals surface area (Å²) in [5.41, 5.74) is 3.27. The molecule has 0 spiro atoms. The van der Waals surface area contributed by atoms with Crippen LogP contribution in [0.5, 0.6) is 5.75 Å². The van der Waals surface area contributed by atoms with Gasteiger partial charge in [0.05, 0.1) is 6.61 Å². The van der Waals surface area contributed by atoms with Gasteiger partial charge in [-0.05, 0) is 67.5 Å². The summed E-state index contributed by atoms with van der Waals surface area (Å²) in [4.78, 5) is 2.60. The zero-order chi connectivity index (χ0) is 16.8. The van der Waals surface area contributed by atoms with Gasteiger partial charge in [0.1, 0.15) is 5.75 Å². The number of nitrogens with one attached hydrogen (secondary N) is 1. The Hall–Kier alpha value is -0.740. The predicted molar refractivity (Wildman–Crippen MR) is 116 cm³/mol. The molecule has 3 rings (SSSR count). The van der Waals surface area contributed by atoms with Crippen LogP contribution >= 0.6 is 24.8 Å². The monoisotopic (exact) mass is 400 g/mol. The quantitative estimate of drug-likeness (QED) is 0.694. The van der Waals surface area contributed by atoms with Crippen molar-refractivity contribution in [2.24, 2.45) is 5.41 Å². The van der Waals surface area contributed by atoms with Crippen LogP contribution < -0.4 is 10.1 Å². The summed E-state index contributed by atoms with van der Waals surface area (Å²) in [5.74, 6) is 0.993. The molecular formula is C21H34Cl2N2O. The highest BCUT2D eigenvalue weighted by atomic mass is 35.5. The third-order valence-corrected chi connectivity index (χ3v) is 5.16. The van der Waals surface area contributed by atoms with Gasteiger partial charge in [0.2, 0.25) is 0 Å². The molecule has 1 aromatic rings. The average molecular weight is 401 g/mol. The molecule has 1 saturated heterocycles. The minimum Gasteiger partial charge on any atom is -0.494 e. The molecule has 0 aromatic heterocycles. The first-order valence-electron chi connectivity index (χ1n) is 9.48. The van der Waals surface area contributed by atoms with Crippen molar-refractivity contribution in [2.45, 2.75) is 39.5 Å². The second-order valence-electron chi connectivity index (χ2n) is 7.95. The number of benzene rings is 1. The van der Waals surface area contributed by atoms with E-state index in [1.165, 1.54) is 37.1 Å². The van der Waals surface area contributed by atoms with Crippen LogP contribution in [0.4, 0.5) is 0 Å². The minimum atomic E-state index is 0. The van der Waals surface area contributed by atoms with Crippen LogP contribution in [-0.4, -0.2) is 44.2 Å². The second kappa shape index (κ2) is 11.2. The fraction of sp³-hybridized carbons (Fsp3) is 0.619. The summed E-state index contributed by atoms with van der Waals surface area (Å²) >= 11 is 0. The third-order valence-electron chi connectivity index (χ3n) is 5.16. The van der Waals surface area contributed by atoms with Gasteiger partial charge in [-0.3, -0.25) is 0 Å². The molecule has 0 atom stereocenters. The lowest BCUT2D eigenvalue weighted by Crippen LogP contribution is -2.40. The molecule has 0 saturated carbocycles. The Bertz CT molecular complexity index is 558. The highest BCUT2D eigenvalue weighted by Gasteiger charge is 2.25. The molecule has 2 aliphatic heterocycles. The Balaban J connectivity index is 0.00000169. The van der Waals surface area contributed by atoms with Crippen LogP contribution in [0.1, 0.15) is 45.1 Å². The fourth-order valence-corrected chi connectivity index (χ4v) is 3.86. The van der Waals surface area contributed by atoms with E-state index in [0.717, 1.165) is 44.8 Å². The van der Waals surface area contributed by atoms with Gasteiger partial charge in [-0.25, -0.2) is 0 Å². The molecule has 3 nitrogen and oxygen atoms in total. The van der Waals surface area contributed by atoms with Gasteiger partial charge in [-0.15, -0.1) is 24.8 Å². The van der Waals surface area contributed by atoms with Crippen molar-refractivity contribution in [1.82, 2.24) is 10.2 Å². The van der Waals surface area contributed by atoms with Crippen LogP contribution in [0.25, 0.3) is 5.57 Å². The fourth-order valence-electron chi connectivity index (χ4n) is 3.86. The molecule has 26 heavy (non-hydrogen) atoms. The maximum absolute atomic E-state index is 5.93. The molecule has 5 heteroatoms. The molecule has 0 bridgehead atoms. The number of hydrogen-bond donors (Lipinski definition) is 1. The Morgan fingerprint density at radius 1 is 1.15 bits per heavy atom. The Kier molecular flexibility index (Phi) is 10.0. The summed E-state index contributed by atoms with van der Waals surface area (Å²) in [5, 5.41) is 3.36. The molecule has 148 valence electrons. The van der Waals surface area contributed by atoms with Crippen LogP contribution in [0.2, 0.25) is 0 Å². The first kappa shape index (κ1) is 23.3. The molecular weight excluding hydrogens is 367 g/mol. The summed E-state index contributed by atoms with van der Waals surface area (Å²) in [6.45, 7) is 11.3. The van der Waals surface area contributed by atoms with E-state index >= 15 is 0 Å². The number of halogens is 2. The molecule has 0 unspecified atom stereocenters. The Labute approximate surface area is 171 Å². The van der Waals surface area contributed by atoms with Crippen molar-refractivity contribution in [1.29, 1.82) is 0 Å². The Morgan fingerprint density at radius 2 is 1.92 bits per heavy atom. The third kappa shape index (κ3) is 7.11. The van der Waals surface area contributed by atoms with Gasteiger partial charge >= 0.3 is 0 Å². The van der Waals surface area contributed by atoms with E-state index in [-0.39, 0.29) is 24.8 Å². The molecule has 1 fully saturated rings. The van der Waals surface area contributed by atoms with Gasteiger partial charge in [-0.1, -0.05) is 32.1 Å². The van der Waals surface area contributed by atoms with E-state index in [1.54, 1.807) is 0 Å². The van der Waals surface area contributed by atoms with Crippen molar-refractivity contribution < 1.29 is 4.74 Å². The van der Waals surface area contributed by atoms with E-state index in [4.69, 9.17) is 4.74 Å². The zero-order valence-corrected chi connectivity index (χ0v) is 17.8. The lowest BCUT2D eigenvalue weighted by atomic mass is 9.84. The van der Waals surface area contributed by atoms with Crippen LogP contribution in [0, 0.1) is 5.41 Å². The number of rotatable bonds is 6. The molecule has 0 radical (unpaired) electrons.